The van der Waals surface area contributed by atoms with Crippen molar-refractivity contribution in [1.29, 1.82) is 0 Å². The Morgan fingerprint density at radius 1 is 1.30 bits per heavy atom. The first kappa shape index (κ1) is 14.3. The fraction of sp³-hybridized carbons (Fsp3) is 0.462. The van der Waals surface area contributed by atoms with Crippen LogP contribution in [0.1, 0.15) is 0 Å². The molecule has 0 spiro atoms. The van der Waals surface area contributed by atoms with Crippen LogP contribution in [0.4, 0.5) is 11.4 Å². The minimum absolute atomic E-state index is 0.119. The molecule has 1 saturated heterocycles. The van der Waals surface area contributed by atoms with Gasteiger partial charge in [-0.15, -0.1) is 0 Å². The van der Waals surface area contributed by atoms with Gasteiger partial charge < -0.3 is 9.64 Å². The van der Waals surface area contributed by atoms with Gasteiger partial charge in [-0.25, -0.2) is 0 Å². The molecule has 108 valence electrons. The van der Waals surface area contributed by atoms with E-state index in [2.05, 4.69) is 4.74 Å². The van der Waals surface area contributed by atoms with Gasteiger partial charge in [0.2, 0.25) is 0 Å². The van der Waals surface area contributed by atoms with Crippen molar-refractivity contribution < 1.29 is 14.5 Å². The highest BCUT2D eigenvalue weighted by molar-refractivity contribution is 5.71. The van der Waals surface area contributed by atoms with Crippen molar-refractivity contribution in [1.82, 2.24) is 4.90 Å². The first-order valence-electron chi connectivity index (χ1n) is 6.39. The Labute approximate surface area is 116 Å². The van der Waals surface area contributed by atoms with Crippen LogP contribution in [0.25, 0.3) is 0 Å². The number of hydrogen-bond donors (Lipinski definition) is 0. The zero-order valence-electron chi connectivity index (χ0n) is 11.3. The van der Waals surface area contributed by atoms with E-state index in [1.165, 1.54) is 13.2 Å². The molecule has 7 heteroatoms. The summed E-state index contributed by atoms with van der Waals surface area (Å²) in [5.41, 5.74) is 0.754. The minimum atomic E-state index is -0.365. The molecule has 20 heavy (non-hydrogen) atoms. The maximum Gasteiger partial charge on any atom is 0.319 e. The number of piperazine rings is 1. The Hall–Kier alpha value is -2.15. The number of carbonyl (C=O) groups is 1. The monoisotopic (exact) mass is 279 g/mol. The van der Waals surface area contributed by atoms with E-state index in [9.17, 15) is 14.9 Å². The molecule has 1 heterocycles. The van der Waals surface area contributed by atoms with Crippen LogP contribution in [0.3, 0.4) is 0 Å². The number of benzene rings is 1. The smallest absolute Gasteiger partial charge is 0.319 e. The number of methoxy groups -OCH3 is 1. The number of nitro benzene ring substituents is 1. The lowest BCUT2D eigenvalue weighted by Gasteiger charge is -2.35. The van der Waals surface area contributed by atoms with E-state index in [0.717, 1.165) is 0 Å². The van der Waals surface area contributed by atoms with E-state index in [1.54, 1.807) is 18.2 Å². The predicted molar refractivity (Wildman–Crippen MR) is 73.8 cm³/mol. The largest absolute Gasteiger partial charge is 0.468 e. The van der Waals surface area contributed by atoms with E-state index < -0.39 is 0 Å². The van der Waals surface area contributed by atoms with Crippen LogP contribution >= 0.6 is 0 Å². The minimum Gasteiger partial charge on any atom is -0.468 e. The summed E-state index contributed by atoms with van der Waals surface area (Å²) in [5, 5.41) is 11.0. The second kappa shape index (κ2) is 6.33. The van der Waals surface area contributed by atoms with Crippen molar-refractivity contribution in [3.8, 4) is 0 Å². The van der Waals surface area contributed by atoms with Crippen molar-refractivity contribution in [2.45, 2.75) is 0 Å². The fourth-order valence-electron chi connectivity index (χ4n) is 2.28. The number of rotatable bonds is 4. The molecule has 0 aromatic heterocycles. The summed E-state index contributed by atoms with van der Waals surface area (Å²) in [6.07, 6.45) is 0. The predicted octanol–water partition coefficient (Wildman–Crippen LogP) is 0.890. The quantitative estimate of drug-likeness (QED) is 0.463. The van der Waals surface area contributed by atoms with Gasteiger partial charge in [-0.05, 0) is 6.07 Å². The Balaban J connectivity index is 2.01. The van der Waals surface area contributed by atoms with Gasteiger partial charge in [0, 0.05) is 32.2 Å². The third kappa shape index (κ3) is 3.24. The van der Waals surface area contributed by atoms with Crippen LogP contribution in [0.15, 0.2) is 24.3 Å². The summed E-state index contributed by atoms with van der Waals surface area (Å²) in [6, 6.07) is 6.72. The van der Waals surface area contributed by atoms with Gasteiger partial charge in [-0.1, -0.05) is 12.1 Å². The summed E-state index contributed by atoms with van der Waals surface area (Å²) in [4.78, 5) is 25.8. The molecule has 1 aliphatic rings. The van der Waals surface area contributed by atoms with E-state index in [4.69, 9.17) is 0 Å². The van der Waals surface area contributed by atoms with Gasteiger partial charge in [-0.2, -0.15) is 0 Å². The van der Waals surface area contributed by atoms with Crippen LogP contribution in [0.2, 0.25) is 0 Å². The van der Waals surface area contributed by atoms with E-state index >= 15 is 0 Å². The summed E-state index contributed by atoms with van der Waals surface area (Å²) in [6.45, 7) is 2.94. The van der Waals surface area contributed by atoms with Crippen molar-refractivity contribution in [2.75, 3.05) is 44.7 Å². The first-order valence-corrected chi connectivity index (χ1v) is 6.39. The highest BCUT2D eigenvalue weighted by Gasteiger charge is 2.24. The number of carbonyl (C=O) groups excluding carboxylic acids is 1. The molecule has 0 radical (unpaired) electrons. The molecule has 1 aromatic rings. The van der Waals surface area contributed by atoms with E-state index in [1.807, 2.05) is 9.80 Å². The maximum absolute atomic E-state index is 11.2. The second-order valence-corrected chi connectivity index (χ2v) is 4.59. The van der Waals surface area contributed by atoms with E-state index in [0.29, 0.717) is 31.9 Å². The normalized spacial score (nSPS) is 15.9. The molecule has 0 bridgehead atoms. The van der Waals surface area contributed by atoms with Crippen LogP contribution in [0, 0.1) is 10.1 Å². The SMILES string of the molecule is COC(=O)CN1CCN(c2ccccc2[N+](=O)[O-])CC1. The topological polar surface area (TPSA) is 75.9 Å². The number of ether oxygens (including phenoxy) is 1. The molecular formula is C13H17N3O4. The Morgan fingerprint density at radius 3 is 2.55 bits per heavy atom. The third-order valence-corrected chi connectivity index (χ3v) is 3.37. The fourth-order valence-corrected chi connectivity index (χ4v) is 2.28. The number of anilines is 1. The molecule has 1 aromatic carbocycles. The molecule has 0 amide bonds. The summed E-state index contributed by atoms with van der Waals surface area (Å²) in [5.74, 6) is -0.260. The third-order valence-electron chi connectivity index (χ3n) is 3.37. The summed E-state index contributed by atoms with van der Waals surface area (Å²) in [7, 11) is 1.37. The molecule has 0 unspecified atom stereocenters. The van der Waals surface area contributed by atoms with Gasteiger partial charge in [0.15, 0.2) is 0 Å². The van der Waals surface area contributed by atoms with Gasteiger partial charge in [-0.3, -0.25) is 19.8 Å². The average Bonchev–Trinajstić information content (AvgIpc) is 2.48. The van der Waals surface area contributed by atoms with Gasteiger partial charge >= 0.3 is 5.97 Å². The first-order chi connectivity index (χ1) is 9.61. The maximum atomic E-state index is 11.2. The standard InChI is InChI=1S/C13H17N3O4/c1-20-13(17)10-14-6-8-15(9-7-14)11-4-2-3-5-12(11)16(18)19/h2-5H,6-10H2,1H3. The summed E-state index contributed by atoms with van der Waals surface area (Å²) < 4.78 is 4.63. The number of nitro groups is 1. The number of esters is 1. The van der Waals surface area contributed by atoms with Gasteiger partial charge in [0.1, 0.15) is 5.69 Å². The van der Waals surface area contributed by atoms with Crippen molar-refractivity contribution in [2.24, 2.45) is 0 Å². The molecule has 7 nitrogen and oxygen atoms in total. The lowest BCUT2D eigenvalue weighted by molar-refractivity contribution is -0.384. The molecule has 0 atom stereocenters. The highest BCUT2D eigenvalue weighted by atomic mass is 16.6. The average molecular weight is 279 g/mol. The van der Waals surface area contributed by atoms with Gasteiger partial charge in [0.05, 0.1) is 18.6 Å². The molecular weight excluding hydrogens is 262 g/mol. The lowest BCUT2D eigenvalue weighted by atomic mass is 10.2. The van der Waals surface area contributed by atoms with Crippen molar-refractivity contribution >= 4 is 17.3 Å². The second-order valence-electron chi connectivity index (χ2n) is 4.59. The van der Waals surface area contributed by atoms with E-state index in [-0.39, 0.29) is 23.1 Å². The molecule has 1 fully saturated rings. The van der Waals surface area contributed by atoms with Crippen molar-refractivity contribution in [3.63, 3.8) is 0 Å². The summed E-state index contributed by atoms with van der Waals surface area (Å²) >= 11 is 0. The Kier molecular flexibility index (Phi) is 4.52. The lowest BCUT2D eigenvalue weighted by Crippen LogP contribution is -2.48. The highest BCUT2D eigenvalue weighted by Crippen LogP contribution is 2.28. The molecule has 2 rings (SSSR count). The molecule has 0 N–H and O–H groups in total. The number of para-hydroxylation sites is 2. The van der Waals surface area contributed by atoms with Crippen LogP contribution in [0.5, 0.6) is 0 Å². The Morgan fingerprint density at radius 2 is 1.95 bits per heavy atom. The number of nitrogens with zero attached hydrogens (tertiary/aromatic N) is 3. The van der Waals surface area contributed by atoms with Gasteiger partial charge in [0.25, 0.3) is 5.69 Å². The molecule has 0 aliphatic carbocycles. The number of hydrogen-bond acceptors (Lipinski definition) is 6. The van der Waals surface area contributed by atoms with Crippen LogP contribution < -0.4 is 4.90 Å². The van der Waals surface area contributed by atoms with Crippen molar-refractivity contribution in [3.05, 3.63) is 34.4 Å². The Bertz CT molecular complexity index is 498. The van der Waals surface area contributed by atoms with Crippen LogP contribution in [-0.2, 0) is 9.53 Å². The molecule has 0 saturated carbocycles. The molecule has 1 aliphatic heterocycles. The van der Waals surface area contributed by atoms with Crippen LogP contribution in [-0.4, -0.2) is 55.6 Å². The zero-order valence-corrected chi connectivity index (χ0v) is 11.3. The zero-order chi connectivity index (χ0) is 14.5.